The van der Waals surface area contributed by atoms with Crippen molar-refractivity contribution in [3.8, 4) is 11.5 Å². The summed E-state index contributed by atoms with van der Waals surface area (Å²) in [6.45, 7) is 6.67. The number of aromatic hydroxyl groups is 1. The van der Waals surface area contributed by atoms with Crippen molar-refractivity contribution in [3.05, 3.63) is 73.6 Å². The maximum Gasteiger partial charge on any atom is 0.301 e. The number of ether oxygens (including phenoxy) is 1. The molecule has 0 radical (unpaired) electrons. The summed E-state index contributed by atoms with van der Waals surface area (Å²) < 4.78 is 7.35. The number of carbonyl (C=O) groups is 3. The topological polar surface area (TPSA) is 134 Å². The van der Waals surface area contributed by atoms with Crippen molar-refractivity contribution in [1.29, 1.82) is 0 Å². The molecule has 1 saturated heterocycles. The number of aromatic nitrogens is 3. The summed E-state index contributed by atoms with van der Waals surface area (Å²) in [5.74, 6) is -2.63. The van der Waals surface area contributed by atoms with E-state index in [1.165, 1.54) is 26.2 Å². The zero-order chi connectivity index (χ0) is 28.3. The number of imidazole rings is 1. The number of aryl methyl sites for hydroxylation is 3. The van der Waals surface area contributed by atoms with Crippen LogP contribution in [-0.4, -0.2) is 49.2 Å². The molecule has 0 bridgehead atoms. The van der Waals surface area contributed by atoms with E-state index >= 15 is 0 Å². The number of anilines is 1. The van der Waals surface area contributed by atoms with Crippen LogP contribution in [0.2, 0.25) is 0 Å². The minimum Gasteiger partial charge on any atom is -0.505 e. The summed E-state index contributed by atoms with van der Waals surface area (Å²) in [7, 11) is 1.37. The highest BCUT2D eigenvalue weighted by Gasteiger charge is 2.49. The Balaban J connectivity index is 1.81. The Labute approximate surface area is 235 Å². The van der Waals surface area contributed by atoms with Crippen molar-refractivity contribution in [2.75, 3.05) is 12.0 Å². The summed E-state index contributed by atoms with van der Waals surface area (Å²) in [5, 5.41) is 22.1. The first-order valence-electron chi connectivity index (χ1n) is 11.8. The van der Waals surface area contributed by atoms with Crippen LogP contribution in [0.15, 0.2) is 40.5 Å². The number of rotatable bonds is 5. The van der Waals surface area contributed by atoms with Crippen LogP contribution in [0.25, 0.3) is 11.4 Å². The van der Waals surface area contributed by atoms with Gasteiger partial charge in [0.05, 0.1) is 39.5 Å². The minimum atomic E-state index is -1.16. The highest BCUT2D eigenvalue weighted by atomic mass is 79.9. The third kappa shape index (κ3) is 4.10. The van der Waals surface area contributed by atoms with E-state index in [1.807, 2.05) is 19.1 Å². The molecule has 1 fully saturated rings. The standard InChI is InChI=1S/C27H23BrN4O6S/c1-11-7-6-8-31-13(3)19(30-25(11)31)22(35)18-20(15-9-16(28)21(34)17(10-15)38-5)32(26(37)23(18)36)27-29-12(2)24(39-27)14(4)33/h6-10,20,34-35H,1-5H3/b22-18+. The smallest absolute Gasteiger partial charge is 0.301 e. The van der Waals surface area contributed by atoms with Crippen molar-refractivity contribution < 1.29 is 29.3 Å². The van der Waals surface area contributed by atoms with Crippen molar-refractivity contribution in [2.24, 2.45) is 0 Å². The number of phenolic OH excluding ortho intramolecular Hbond substituents is 1. The molecule has 0 saturated carbocycles. The molecule has 1 aliphatic rings. The van der Waals surface area contributed by atoms with Crippen LogP contribution in [0.3, 0.4) is 0 Å². The molecule has 200 valence electrons. The fourth-order valence-electron chi connectivity index (χ4n) is 4.74. The SMILES string of the molecule is COc1cc(C2/C(=C(\O)c3nc4c(C)cccn4c3C)C(=O)C(=O)N2c2nc(C)c(C(C)=O)s2)cc(Br)c1O. The molecular formula is C27H23BrN4O6S. The number of phenols is 1. The number of ketones is 2. The lowest BCUT2D eigenvalue weighted by molar-refractivity contribution is -0.132. The lowest BCUT2D eigenvalue weighted by atomic mass is 9.96. The first-order valence-corrected chi connectivity index (χ1v) is 13.4. The zero-order valence-corrected chi connectivity index (χ0v) is 24.0. The lowest BCUT2D eigenvalue weighted by Crippen LogP contribution is -2.29. The Kier molecular flexibility index (Phi) is 6.55. The second-order valence-electron chi connectivity index (χ2n) is 9.12. The number of carbonyl (C=O) groups excluding carboxylic acids is 3. The molecule has 39 heavy (non-hydrogen) atoms. The summed E-state index contributed by atoms with van der Waals surface area (Å²) in [5.41, 5.74) is 2.74. The van der Waals surface area contributed by atoms with Crippen molar-refractivity contribution in [3.63, 3.8) is 0 Å². The van der Waals surface area contributed by atoms with E-state index in [0.29, 0.717) is 27.5 Å². The van der Waals surface area contributed by atoms with E-state index in [0.717, 1.165) is 21.8 Å². The number of pyridine rings is 1. The molecule has 3 aromatic heterocycles. The molecule has 10 nitrogen and oxygen atoms in total. The van der Waals surface area contributed by atoms with Gasteiger partial charge in [-0.25, -0.2) is 9.97 Å². The number of halogens is 1. The van der Waals surface area contributed by atoms with Crippen LogP contribution in [0.5, 0.6) is 11.5 Å². The zero-order valence-electron chi connectivity index (χ0n) is 21.6. The third-order valence-electron chi connectivity index (χ3n) is 6.65. The average molecular weight is 611 g/mol. The van der Waals surface area contributed by atoms with Gasteiger partial charge in [-0.2, -0.15) is 0 Å². The van der Waals surface area contributed by atoms with E-state index in [1.54, 1.807) is 24.4 Å². The van der Waals surface area contributed by atoms with Crippen LogP contribution in [0.1, 0.15) is 50.8 Å². The lowest BCUT2D eigenvalue weighted by Gasteiger charge is -2.23. The Hall–Kier alpha value is -4.03. The molecular weight excluding hydrogens is 588 g/mol. The van der Waals surface area contributed by atoms with E-state index in [4.69, 9.17) is 4.74 Å². The number of aliphatic hydroxyl groups is 1. The number of aliphatic hydroxyl groups excluding tert-OH is 1. The largest absolute Gasteiger partial charge is 0.505 e. The van der Waals surface area contributed by atoms with E-state index in [9.17, 15) is 24.6 Å². The van der Waals surface area contributed by atoms with Gasteiger partial charge < -0.3 is 19.4 Å². The average Bonchev–Trinajstić information content (AvgIpc) is 3.53. The Morgan fingerprint density at radius 1 is 1.18 bits per heavy atom. The number of Topliss-reactive ketones (excluding diaryl/α,β-unsaturated/α-hetero) is 2. The highest BCUT2D eigenvalue weighted by molar-refractivity contribution is 9.10. The molecule has 1 atom stereocenters. The maximum absolute atomic E-state index is 13.6. The number of hydrogen-bond donors (Lipinski definition) is 2. The summed E-state index contributed by atoms with van der Waals surface area (Å²) >= 11 is 4.28. The van der Waals surface area contributed by atoms with Crippen LogP contribution >= 0.6 is 27.3 Å². The highest BCUT2D eigenvalue weighted by Crippen LogP contribution is 2.47. The van der Waals surface area contributed by atoms with Gasteiger partial charge in [0.1, 0.15) is 11.3 Å². The predicted octanol–water partition coefficient (Wildman–Crippen LogP) is 5.02. The number of hydrogen-bond acceptors (Lipinski definition) is 9. The van der Waals surface area contributed by atoms with E-state index in [-0.39, 0.29) is 38.2 Å². The molecule has 1 unspecified atom stereocenters. The Morgan fingerprint density at radius 2 is 1.90 bits per heavy atom. The molecule has 12 heteroatoms. The first-order chi connectivity index (χ1) is 18.5. The predicted molar refractivity (Wildman–Crippen MR) is 149 cm³/mol. The van der Waals surface area contributed by atoms with Crippen LogP contribution in [0, 0.1) is 20.8 Å². The molecule has 1 aliphatic heterocycles. The quantitative estimate of drug-likeness (QED) is 0.139. The minimum absolute atomic E-state index is 0.0873. The monoisotopic (exact) mass is 610 g/mol. The molecule has 0 spiro atoms. The summed E-state index contributed by atoms with van der Waals surface area (Å²) in [6.07, 6.45) is 1.79. The van der Waals surface area contributed by atoms with Crippen molar-refractivity contribution >= 4 is 61.3 Å². The summed E-state index contributed by atoms with van der Waals surface area (Å²) in [6, 6.07) is 5.57. The summed E-state index contributed by atoms with van der Waals surface area (Å²) in [4.78, 5) is 49.8. The number of thiazole rings is 1. The molecule has 4 heterocycles. The molecule has 5 rings (SSSR count). The molecule has 4 aromatic rings. The molecule has 0 aliphatic carbocycles. The first kappa shape index (κ1) is 26.6. The van der Waals surface area contributed by atoms with Crippen LogP contribution < -0.4 is 9.64 Å². The van der Waals surface area contributed by atoms with Crippen molar-refractivity contribution in [2.45, 2.75) is 33.7 Å². The maximum atomic E-state index is 13.6. The number of nitrogens with zero attached hydrogens (tertiary/aromatic N) is 4. The van der Waals surface area contributed by atoms with Gasteiger partial charge in [0, 0.05) is 13.1 Å². The fraction of sp³-hybridized carbons (Fsp3) is 0.222. The molecule has 2 N–H and O–H groups in total. The van der Waals surface area contributed by atoms with Gasteiger partial charge in [0.25, 0.3) is 5.78 Å². The number of methoxy groups -OCH3 is 1. The third-order valence-corrected chi connectivity index (χ3v) is 8.51. The Morgan fingerprint density at radius 3 is 2.51 bits per heavy atom. The molecule has 1 amide bonds. The fourth-order valence-corrected chi connectivity index (χ4v) is 6.19. The van der Waals surface area contributed by atoms with Crippen LogP contribution in [0.4, 0.5) is 5.13 Å². The second kappa shape index (κ2) is 9.62. The van der Waals surface area contributed by atoms with Crippen molar-refractivity contribution in [1.82, 2.24) is 14.4 Å². The van der Waals surface area contributed by atoms with Gasteiger partial charge in [-0.15, -0.1) is 0 Å². The van der Waals surface area contributed by atoms with Gasteiger partial charge in [0.15, 0.2) is 28.2 Å². The van der Waals surface area contributed by atoms with Gasteiger partial charge in [-0.05, 0) is 66.0 Å². The Bertz CT molecular complexity index is 1750. The van der Waals surface area contributed by atoms with E-state index in [2.05, 4.69) is 25.9 Å². The molecule has 1 aromatic carbocycles. The second-order valence-corrected chi connectivity index (χ2v) is 11.0. The number of amides is 1. The van der Waals surface area contributed by atoms with Gasteiger partial charge in [-0.3, -0.25) is 19.3 Å². The number of benzene rings is 1. The van der Waals surface area contributed by atoms with E-state index < -0.39 is 23.5 Å². The van der Waals surface area contributed by atoms with Gasteiger partial charge in [0.2, 0.25) is 0 Å². The van der Waals surface area contributed by atoms with Crippen LogP contribution in [-0.2, 0) is 9.59 Å². The normalized spacial score (nSPS) is 16.9. The van der Waals surface area contributed by atoms with Gasteiger partial charge >= 0.3 is 5.91 Å². The van der Waals surface area contributed by atoms with Gasteiger partial charge in [-0.1, -0.05) is 17.4 Å². The number of fused-ring (bicyclic) bond motifs is 1.